The van der Waals surface area contributed by atoms with E-state index in [1.165, 1.54) is 0 Å². The summed E-state index contributed by atoms with van der Waals surface area (Å²) < 4.78 is 46.6. The topological polar surface area (TPSA) is 194 Å². The fourth-order valence-electron chi connectivity index (χ4n) is 2.10. The average Bonchev–Trinajstić information content (AvgIpc) is 2.85. The number of nitrogens with one attached hydrogen (secondary N) is 2. The molecule has 0 aromatic rings. The second-order valence-corrected chi connectivity index (χ2v) is 8.94. The van der Waals surface area contributed by atoms with E-state index < -0.39 is 38.6 Å². The van der Waals surface area contributed by atoms with Crippen LogP contribution in [-0.4, -0.2) is 100 Å². The van der Waals surface area contributed by atoms with Gasteiger partial charge in [-0.1, -0.05) is 13.8 Å². The molecular weight excluding hydrogens is 519 g/mol. The first-order valence-corrected chi connectivity index (χ1v) is 13.3. The number of ether oxygens (including phenoxy) is 5. The molecule has 0 aliphatic heterocycles. The first-order chi connectivity index (χ1) is 17.5. The van der Waals surface area contributed by atoms with Crippen LogP contribution in [0.25, 0.3) is 0 Å². The second-order valence-electron chi connectivity index (χ2n) is 7.48. The van der Waals surface area contributed by atoms with Crippen LogP contribution in [0.15, 0.2) is 0 Å². The summed E-state index contributed by atoms with van der Waals surface area (Å²) in [4.78, 5) is 55.5. The van der Waals surface area contributed by atoms with Gasteiger partial charge in [0.25, 0.3) is 0 Å². The molecule has 2 amide bonds. The first kappa shape index (κ1) is 34.7. The van der Waals surface area contributed by atoms with Crippen LogP contribution in [0.4, 0.5) is 4.79 Å². The monoisotopic (exact) mass is 558 g/mol. The summed E-state index contributed by atoms with van der Waals surface area (Å²) in [5, 5.41) is 4.91. The molecule has 0 saturated heterocycles. The third kappa shape index (κ3) is 21.5. The molecule has 0 aromatic carbocycles. The van der Waals surface area contributed by atoms with E-state index in [4.69, 9.17) is 32.7 Å². The zero-order valence-electron chi connectivity index (χ0n) is 21.7. The van der Waals surface area contributed by atoms with E-state index in [1.807, 2.05) is 13.8 Å². The molecular formula is C21H39N2O13P. The molecule has 0 aromatic heterocycles. The number of phosphoric ester groups is 1. The molecule has 0 radical (unpaired) electrons. The van der Waals surface area contributed by atoms with Gasteiger partial charge in [-0.05, 0) is 13.8 Å². The van der Waals surface area contributed by atoms with Crippen molar-refractivity contribution < 1.29 is 61.4 Å². The maximum absolute atomic E-state index is 12.0. The largest absolute Gasteiger partial charge is 0.472 e. The molecule has 0 rings (SSSR count). The van der Waals surface area contributed by atoms with Crippen molar-refractivity contribution in [2.45, 2.75) is 52.7 Å². The van der Waals surface area contributed by atoms with Crippen molar-refractivity contribution in [2.75, 3.05) is 59.3 Å². The van der Waals surface area contributed by atoms with E-state index in [0.29, 0.717) is 0 Å². The number of rotatable bonds is 21. The Morgan fingerprint density at radius 3 is 2.16 bits per heavy atom. The summed E-state index contributed by atoms with van der Waals surface area (Å²) in [5.41, 5.74) is 0. The van der Waals surface area contributed by atoms with Crippen molar-refractivity contribution in [3.63, 3.8) is 0 Å². The lowest BCUT2D eigenvalue weighted by Crippen LogP contribution is -2.32. The minimum Gasteiger partial charge on any atom is -0.462 e. The van der Waals surface area contributed by atoms with Crippen LogP contribution < -0.4 is 10.6 Å². The first-order valence-electron chi connectivity index (χ1n) is 11.8. The number of carbonyl (C=O) groups excluding carboxylic acids is 4. The second kappa shape index (κ2) is 20.7. The number of hydrogen-bond acceptors (Lipinski definition) is 12. The van der Waals surface area contributed by atoms with Crippen molar-refractivity contribution in [3.05, 3.63) is 0 Å². The van der Waals surface area contributed by atoms with Gasteiger partial charge < -0.3 is 39.2 Å². The number of esters is 2. The highest BCUT2D eigenvalue weighted by Gasteiger charge is 2.25. The molecule has 15 nitrogen and oxygen atoms in total. The van der Waals surface area contributed by atoms with E-state index >= 15 is 0 Å². The Hall–Kier alpha value is -2.29. The quantitative estimate of drug-likeness (QED) is 0.0771. The molecule has 2 atom stereocenters. The Morgan fingerprint density at radius 2 is 1.51 bits per heavy atom. The summed E-state index contributed by atoms with van der Waals surface area (Å²) in [6.07, 6.45) is -1.79. The number of phosphoric acid groups is 1. The zero-order chi connectivity index (χ0) is 28.1. The van der Waals surface area contributed by atoms with E-state index in [-0.39, 0.29) is 77.6 Å². The molecule has 0 spiro atoms. The van der Waals surface area contributed by atoms with Crippen LogP contribution in [-0.2, 0) is 51.7 Å². The van der Waals surface area contributed by atoms with Gasteiger partial charge in [0, 0.05) is 25.9 Å². The lowest BCUT2D eigenvalue weighted by atomic mass is 10.4. The predicted octanol–water partition coefficient (Wildman–Crippen LogP) is 0.679. The molecule has 3 N–H and O–H groups in total. The normalized spacial score (nSPS) is 13.4. The van der Waals surface area contributed by atoms with Gasteiger partial charge in [0.2, 0.25) is 5.91 Å². The summed E-state index contributed by atoms with van der Waals surface area (Å²) >= 11 is 0. The number of carbonyl (C=O) groups is 4. The third-order valence-corrected chi connectivity index (χ3v) is 4.92. The average molecular weight is 559 g/mol. The van der Waals surface area contributed by atoms with E-state index in [9.17, 15) is 28.6 Å². The summed E-state index contributed by atoms with van der Waals surface area (Å²) in [7, 11) is -4.55. The lowest BCUT2D eigenvalue weighted by Gasteiger charge is -2.19. The van der Waals surface area contributed by atoms with Crippen molar-refractivity contribution in [2.24, 2.45) is 0 Å². The van der Waals surface area contributed by atoms with Gasteiger partial charge in [0.1, 0.15) is 19.8 Å². The van der Waals surface area contributed by atoms with Gasteiger partial charge in [-0.25, -0.2) is 9.36 Å². The summed E-state index contributed by atoms with van der Waals surface area (Å²) in [6.45, 7) is 5.82. The molecule has 216 valence electrons. The Bertz CT molecular complexity index is 735. The van der Waals surface area contributed by atoms with Gasteiger partial charge >= 0.3 is 25.9 Å². The number of hydrogen-bond donors (Lipinski definition) is 3. The van der Waals surface area contributed by atoms with Crippen molar-refractivity contribution >= 4 is 31.8 Å². The van der Waals surface area contributed by atoms with Gasteiger partial charge in [0.05, 0.1) is 32.5 Å². The Morgan fingerprint density at radius 1 is 0.838 bits per heavy atom. The SMILES string of the molecule is CCC(=O)OCC(COP(=O)(O)OCCNC(=O)OCCOCCNC(=O)COC(C)C)OC(=O)CC. The van der Waals surface area contributed by atoms with E-state index in [2.05, 4.69) is 10.6 Å². The maximum Gasteiger partial charge on any atom is 0.472 e. The highest BCUT2D eigenvalue weighted by molar-refractivity contribution is 7.47. The molecule has 37 heavy (non-hydrogen) atoms. The Labute approximate surface area is 216 Å². The standard InChI is InChI=1S/C21H39N2O13P/c1-5-19(25)33-13-17(36-20(26)6-2)14-35-37(28,29)34-10-8-23-21(27)31-12-11-30-9-7-22-18(24)15-32-16(3)4/h16-17H,5-15H2,1-4H3,(H,22,24)(H,23,27)(H,28,29). The summed E-state index contributed by atoms with van der Waals surface area (Å²) in [6, 6.07) is 0. The molecule has 0 aliphatic carbocycles. The zero-order valence-corrected chi connectivity index (χ0v) is 22.6. The van der Waals surface area contributed by atoms with E-state index in [0.717, 1.165) is 0 Å². The van der Waals surface area contributed by atoms with Crippen molar-refractivity contribution in [1.82, 2.24) is 10.6 Å². The van der Waals surface area contributed by atoms with Crippen LogP contribution in [0.2, 0.25) is 0 Å². The number of alkyl carbamates (subject to hydrolysis) is 1. The van der Waals surface area contributed by atoms with Crippen molar-refractivity contribution in [1.29, 1.82) is 0 Å². The van der Waals surface area contributed by atoms with Gasteiger partial charge in [-0.15, -0.1) is 0 Å². The smallest absolute Gasteiger partial charge is 0.462 e. The van der Waals surface area contributed by atoms with Gasteiger partial charge in [-0.2, -0.15) is 0 Å². The lowest BCUT2D eigenvalue weighted by molar-refractivity contribution is -0.160. The van der Waals surface area contributed by atoms with Crippen LogP contribution in [0.5, 0.6) is 0 Å². The van der Waals surface area contributed by atoms with Crippen LogP contribution in [0, 0.1) is 0 Å². The highest BCUT2D eigenvalue weighted by Crippen LogP contribution is 2.43. The fraction of sp³-hybridized carbons (Fsp3) is 0.810. The molecule has 2 unspecified atom stereocenters. The maximum atomic E-state index is 12.0. The molecule has 0 fully saturated rings. The Kier molecular flexibility index (Phi) is 19.4. The van der Waals surface area contributed by atoms with Gasteiger partial charge in [-0.3, -0.25) is 23.4 Å². The molecule has 16 heteroatoms. The molecule has 0 bridgehead atoms. The van der Waals surface area contributed by atoms with Crippen LogP contribution in [0.3, 0.4) is 0 Å². The van der Waals surface area contributed by atoms with Crippen LogP contribution >= 0.6 is 7.82 Å². The minimum atomic E-state index is -4.55. The fourth-order valence-corrected chi connectivity index (χ4v) is 2.86. The van der Waals surface area contributed by atoms with Crippen molar-refractivity contribution in [3.8, 4) is 0 Å². The minimum absolute atomic E-state index is 0.0341. The van der Waals surface area contributed by atoms with Crippen LogP contribution in [0.1, 0.15) is 40.5 Å². The predicted molar refractivity (Wildman–Crippen MR) is 127 cm³/mol. The number of amides is 2. The molecule has 0 saturated carbocycles. The van der Waals surface area contributed by atoms with E-state index in [1.54, 1.807) is 13.8 Å². The third-order valence-electron chi connectivity index (χ3n) is 3.93. The Balaban J connectivity index is 3.99. The van der Waals surface area contributed by atoms with Gasteiger partial charge in [0.15, 0.2) is 6.10 Å². The molecule has 0 heterocycles. The highest BCUT2D eigenvalue weighted by atomic mass is 31.2. The molecule has 0 aliphatic rings. The summed E-state index contributed by atoms with van der Waals surface area (Å²) in [5.74, 6) is -1.41.